The molecule has 7 heteroatoms. The van der Waals surface area contributed by atoms with Gasteiger partial charge < -0.3 is 10.2 Å². The summed E-state index contributed by atoms with van der Waals surface area (Å²) < 4.78 is 13.8. The quantitative estimate of drug-likeness (QED) is 0.430. The third-order valence-electron chi connectivity index (χ3n) is 5.54. The summed E-state index contributed by atoms with van der Waals surface area (Å²) in [5.41, 5.74) is 0.0583. The molecule has 0 spiro atoms. The number of aliphatic hydroxyl groups is 1. The molecule has 33 heavy (non-hydrogen) atoms. The third-order valence-corrected chi connectivity index (χ3v) is 5.54. The zero-order valence-corrected chi connectivity index (χ0v) is 17.6. The molecule has 166 valence electrons. The number of amides is 1. The van der Waals surface area contributed by atoms with Crippen molar-refractivity contribution in [3.8, 4) is 0 Å². The van der Waals surface area contributed by atoms with Crippen LogP contribution >= 0.6 is 0 Å². The third kappa shape index (κ3) is 4.58. The van der Waals surface area contributed by atoms with Crippen LogP contribution < -0.4 is 0 Å². The van der Waals surface area contributed by atoms with Crippen molar-refractivity contribution in [3.05, 3.63) is 132 Å². The van der Waals surface area contributed by atoms with Crippen LogP contribution in [0, 0.1) is 5.82 Å². The second-order valence-electron chi connectivity index (χ2n) is 7.60. The maximum absolute atomic E-state index is 13.8. The van der Waals surface area contributed by atoms with Gasteiger partial charge in [0, 0.05) is 42.5 Å². The van der Waals surface area contributed by atoms with Crippen molar-refractivity contribution in [1.82, 2.24) is 14.9 Å². The molecule has 1 amide bonds. The minimum absolute atomic E-state index is 0.00104. The van der Waals surface area contributed by atoms with E-state index in [-0.39, 0.29) is 6.54 Å². The van der Waals surface area contributed by atoms with Gasteiger partial charge in [-0.1, -0.05) is 54.6 Å². The Morgan fingerprint density at radius 1 is 0.879 bits per heavy atom. The van der Waals surface area contributed by atoms with Crippen LogP contribution in [-0.2, 0) is 12.1 Å². The van der Waals surface area contributed by atoms with Gasteiger partial charge in [0.15, 0.2) is 0 Å². The minimum atomic E-state index is -1.87. The lowest BCUT2D eigenvalue weighted by Gasteiger charge is -2.42. The number of hydrogen-bond acceptors (Lipinski definition) is 4. The highest BCUT2D eigenvalue weighted by atomic mass is 19.1. The maximum Gasteiger partial charge on any atom is 0.408 e. The zero-order valence-electron chi connectivity index (χ0n) is 17.6. The van der Waals surface area contributed by atoms with E-state index in [1.54, 1.807) is 36.7 Å². The number of pyridine rings is 2. The van der Waals surface area contributed by atoms with Crippen LogP contribution in [0.3, 0.4) is 0 Å². The Labute approximate surface area is 190 Å². The molecule has 2 N–H and O–H groups in total. The van der Waals surface area contributed by atoms with Crippen LogP contribution in [0.1, 0.15) is 28.3 Å². The average molecular weight is 443 g/mol. The van der Waals surface area contributed by atoms with Crippen molar-refractivity contribution in [3.63, 3.8) is 0 Å². The van der Waals surface area contributed by atoms with Gasteiger partial charge in [0.1, 0.15) is 11.4 Å². The van der Waals surface area contributed by atoms with Gasteiger partial charge in [0.2, 0.25) is 0 Å². The van der Waals surface area contributed by atoms with Crippen LogP contribution in [0.25, 0.3) is 0 Å². The van der Waals surface area contributed by atoms with Gasteiger partial charge in [-0.25, -0.2) is 9.18 Å². The molecule has 6 nitrogen and oxygen atoms in total. The van der Waals surface area contributed by atoms with E-state index in [9.17, 15) is 19.4 Å². The first-order chi connectivity index (χ1) is 16.0. The fraction of sp³-hybridized carbons (Fsp3) is 0.115. The number of aromatic nitrogens is 2. The largest absolute Gasteiger partial charge is 0.465 e. The number of halogens is 1. The van der Waals surface area contributed by atoms with E-state index >= 15 is 0 Å². The molecule has 2 aromatic carbocycles. The summed E-state index contributed by atoms with van der Waals surface area (Å²) in [5, 5.41) is 22.6. The molecular formula is C26H22FN3O3. The number of carbonyl (C=O) groups is 1. The SMILES string of the molecule is O=C(O)N(Cc1ccccc1)[C@H](c1ccc(F)cc1)C(O)(c1cccnc1)c1cccnc1. The summed E-state index contributed by atoms with van der Waals surface area (Å²) in [6, 6.07) is 20.1. The Kier molecular flexibility index (Phi) is 6.42. The van der Waals surface area contributed by atoms with Crippen LogP contribution in [-0.4, -0.2) is 31.2 Å². The molecule has 0 radical (unpaired) electrons. The Bertz CT molecular complexity index is 1150. The van der Waals surface area contributed by atoms with Crippen LogP contribution in [0.2, 0.25) is 0 Å². The summed E-state index contributed by atoms with van der Waals surface area (Å²) in [5.74, 6) is -0.464. The monoisotopic (exact) mass is 443 g/mol. The highest BCUT2D eigenvalue weighted by Gasteiger charge is 2.46. The molecule has 0 fully saturated rings. The van der Waals surface area contributed by atoms with Gasteiger partial charge in [0.05, 0.1) is 6.04 Å². The molecule has 0 aliphatic rings. The predicted molar refractivity (Wildman–Crippen MR) is 121 cm³/mol. The molecule has 0 bridgehead atoms. The van der Waals surface area contributed by atoms with Crippen molar-refractivity contribution >= 4 is 6.09 Å². The normalized spacial score (nSPS) is 12.2. The van der Waals surface area contributed by atoms with Gasteiger partial charge in [-0.3, -0.25) is 14.9 Å². The molecule has 4 rings (SSSR count). The lowest BCUT2D eigenvalue weighted by atomic mass is 9.77. The van der Waals surface area contributed by atoms with E-state index in [0.29, 0.717) is 16.7 Å². The van der Waals surface area contributed by atoms with Crippen LogP contribution in [0.4, 0.5) is 9.18 Å². The Morgan fingerprint density at radius 3 is 1.94 bits per heavy atom. The Morgan fingerprint density at radius 2 is 1.45 bits per heavy atom. The molecule has 2 heterocycles. The van der Waals surface area contributed by atoms with E-state index in [1.165, 1.54) is 36.7 Å². The van der Waals surface area contributed by atoms with Crippen molar-refractivity contribution in [2.24, 2.45) is 0 Å². The first kappa shape index (κ1) is 22.1. The highest BCUT2D eigenvalue weighted by Crippen LogP contribution is 2.44. The molecule has 0 unspecified atom stereocenters. The lowest BCUT2D eigenvalue weighted by molar-refractivity contribution is -0.0202. The van der Waals surface area contributed by atoms with Crippen molar-refractivity contribution in [2.45, 2.75) is 18.2 Å². The second-order valence-corrected chi connectivity index (χ2v) is 7.60. The molecule has 0 aliphatic heterocycles. The maximum atomic E-state index is 13.8. The highest BCUT2D eigenvalue weighted by molar-refractivity contribution is 5.67. The summed E-state index contributed by atoms with van der Waals surface area (Å²) in [6.07, 6.45) is 4.88. The van der Waals surface area contributed by atoms with Gasteiger partial charge in [-0.05, 0) is 35.4 Å². The predicted octanol–water partition coefficient (Wildman–Crippen LogP) is 4.77. The van der Waals surface area contributed by atoms with Crippen LogP contribution in [0.15, 0.2) is 104 Å². The van der Waals surface area contributed by atoms with E-state index in [0.717, 1.165) is 10.5 Å². The smallest absolute Gasteiger partial charge is 0.408 e. The van der Waals surface area contributed by atoms with E-state index < -0.39 is 23.6 Å². The Balaban J connectivity index is 1.96. The van der Waals surface area contributed by atoms with Gasteiger partial charge in [0.25, 0.3) is 0 Å². The van der Waals surface area contributed by atoms with Crippen molar-refractivity contribution in [2.75, 3.05) is 0 Å². The van der Waals surface area contributed by atoms with Gasteiger partial charge >= 0.3 is 6.09 Å². The average Bonchev–Trinajstić information content (AvgIpc) is 2.86. The Hall–Kier alpha value is -4.10. The fourth-order valence-electron chi connectivity index (χ4n) is 4.00. The van der Waals surface area contributed by atoms with Gasteiger partial charge in [-0.15, -0.1) is 0 Å². The number of benzene rings is 2. The standard InChI is InChI=1S/C26H22FN3O3/c27-23-12-10-20(11-13-23)24(30(25(31)32)18-19-6-2-1-3-7-19)26(33,21-8-4-14-28-16-21)22-9-5-15-29-17-22/h1-17,24,33H,18H2,(H,31,32)/t24-/m1/s1. The summed E-state index contributed by atoms with van der Waals surface area (Å²) >= 11 is 0. The number of hydrogen-bond donors (Lipinski definition) is 2. The van der Waals surface area contributed by atoms with Crippen molar-refractivity contribution < 1.29 is 19.4 Å². The first-order valence-corrected chi connectivity index (χ1v) is 10.3. The number of nitrogens with zero attached hydrogens (tertiary/aromatic N) is 3. The topological polar surface area (TPSA) is 86.5 Å². The molecule has 1 atom stereocenters. The molecule has 2 aromatic heterocycles. The van der Waals surface area contributed by atoms with E-state index in [4.69, 9.17) is 0 Å². The zero-order chi connectivity index (χ0) is 23.3. The molecule has 0 aliphatic carbocycles. The molecule has 0 saturated carbocycles. The first-order valence-electron chi connectivity index (χ1n) is 10.3. The summed E-state index contributed by atoms with van der Waals surface area (Å²) in [6.45, 7) is 0.00104. The number of rotatable bonds is 7. The van der Waals surface area contributed by atoms with Crippen molar-refractivity contribution in [1.29, 1.82) is 0 Å². The minimum Gasteiger partial charge on any atom is -0.465 e. The summed E-state index contributed by atoms with van der Waals surface area (Å²) in [7, 11) is 0. The summed E-state index contributed by atoms with van der Waals surface area (Å²) in [4.78, 5) is 22.1. The van der Waals surface area contributed by atoms with E-state index in [2.05, 4.69) is 9.97 Å². The molecule has 0 saturated heterocycles. The fourth-order valence-corrected chi connectivity index (χ4v) is 4.00. The molecular weight excluding hydrogens is 421 g/mol. The van der Waals surface area contributed by atoms with Gasteiger partial charge in [-0.2, -0.15) is 0 Å². The van der Waals surface area contributed by atoms with E-state index in [1.807, 2.05) is 30.3 Å². The molecule has 4 aromatic rings. The van der Waals surface area contributed by atoms with Crippen LogP contribution in [0.5, 0.6) is 0 Å². The second kappa shape index (κ2) is 9.58. The number of carboxylic acid groups (broad SMARTS) is 1. The lowest BCUT2D eigenvalue weighted by Crippen LogP contribution is -2.47.